The maximum absolute atomic E-state index is 13.2. The van der Waals surface area contributed by atoms with Crippen molar-refractivity contribution >= 4 is 26.9 Å². The zero-order valence-electron chi connectivity index (χ0n) is 10.8. The minimum atomic E-state index is -4.54. The summed E-state index contributed by atoms with van der Waals surface area (Å²) >= 11 is 2.94. The van der Waals surface area contributed by atoms with Crippen molar-refractivity contribution in [3.63, 3.8) is 0 Å². The highest BCUT2D eigenvalue weighted by molar-refractivity contribution is 9.10. The molecule has 2 atom stereocenters. The van der Waals surface area contributed by atoms with Crippen LogP contribution in [0.25, 0.3) is 0 Å². The lowest BCUT2D eigenvalue weighted by molar-refractivity contribution is -0.153. The van der Waals surface area contributed by atoms with Crippen LogP contribution < -0.4 is 5.14 Å². The summed E-state index contributed by atoms with van der Waals surface area (Å²) in [7, 11) is -1.91. The number of alkyl halides is 3. The summed E-state index contributed by atoms with van der Waals surface area (Å²) in [5, 5.41) is 5.24. The standard InChI is InChI=1S/C12H14BrF4NOS/c1-11(2,20(18)19)6-9(12(15,16)17)8-4-3-7(14)5-10(8)13/h3-5,9H,6,18H2,1-2H3/t9-,20?/m1/s1. The van der Waals surface area contributed by atoms with Gasteiger partial charge in [0.1, 0.15) is 5.82 Å². The predicted octanol–water partition coefficient (Wildman–Crippen LogP) is 4.03. The molecule has 1 aromatic carbocycles. The molecule has 0 aliphatic rings. The van der Waals surface area contributed by atoms with Crippen molar-refractivity contribution in [2.45, 2.75) is 37.1 Å². The Kier molecular flexibility index (Phi) is 5.37. The fourth-order valence-corrected chi connectivity index (χ4v) is 2.72. The third-order valence-electron chi connectivity index (χ3n) is 2.97. The Bertz CT molecular complexity index is 519. The van der Waals surface area contributed by atoms with E-state index in [1.165, 1.54) is 13.8 Å². The van der Waals surface area contributed by atoms with Crippen LogP contribution in [0, 0.1) is 5.82 Å². The van der Waals surface area contributed by atoms with E-state index in [-0.39, 0.29) is 10.0 Å². The molecule has 0 amide bonds. The van der Waals surface area contributed by atoms with Gasteiger partial charge in [0.25, 0.3) is 0 Å². The molecule has 0 bridgehead atoms. The third-order valence-corrected chi connectivity index (χ3v) is 4.92. The van der Waals surface area contributed by atoms with Gasteiger partial charge in [-0.2, -0.15) is 13.2 Å². The molecule has 0 saturated carbocycles. The fraction of sp³-hybridized carbons (Fsp3) is 0.500. The van der Waals surface area contributed by atoms with Crippen molar-refractivity contribution in [3.05, 3.63) is 34.1 Å². The van der Waals surface area contributed by atoms with Gasteiger partial charge in [0.05, 0.1) is 21.7 Å². The topological polar surface area (TPSA) is 43.1 Å². The molecule has 0 spiro atoms. The van der Waals surface area contributed by atoms with Gasteiger partial charge in [-0.3, -0.25) is 5.14 Å². The van der Waals surface area contributed by atoms with Gasteiger partial charge in [-0.15, -0.1) is 0 Å². The molecule has 0 saturated heterocycles. The molecule has 0 radical (unpaired) electrons. The molecule has 1 aromatic rings. The van der Waals surface area contributed by atoms with Gasteiger partial charge in [-0.25, -0.2) is 8.60 Å². The van der Waals surface area contributed by atoms with Crippen LogP contribution in [0.1, 0.15) is 31.7 Å². The second-order valence-corrected chi connectivity index (χ2v) is 7.58. The highest BCUT2D eigenvalue weighted by Gasteiger charge is 2.45. The number of nitrogens with two attached hydrogens (primary N) is 1. The second kappa shape index (κ2) is 6.11. The molecule has 0 aromatic heterocycles. The first-order chi connectivity index (χ1) is 8.95. The van der Waals surface area contributed by atoms with E-state index < -0.39 is 40.1 Å². The van der Waals surface area contributed by atoms with E-state index in [1.54, 1.807) is 0 Å². The summed E-state index contributed by atoms with van der Waals surface area (Å²) in [6.45, 7) is 2.80. The van der Waals surface area contributed by atoms with E-state index in [1.807, 2.05) is 0 Å². The first-order valence-electron chi connectivity index (χ1n) is 5.63. The van der Waals surface area contributed by atoms with Crippen molar-refractivity contribution in [1.82, 2.24) is 0 Å². The Balaban J connectivity index is 3.24. The number of hydrogen-bond donors (Lipinski definition) is 1. The van der Waals surface area contributed by atoms with Gasteiger partial charge in [0.2, 0.25) is 0 Å². The van der Waals surface area contributed by atoms with Gasteiger partial charge >= 0.3 is 6.18 Å². The lowest BCUT2D eigenvalue weighted by atomic mass is 9.89. The third kappa shape index (κ3) is 4.26. The number of halogens is 5. The molecule has 2 N–H and O–H groups in total. The quantitative estimate of drug-likeness (QED) is 0.793. The summed E-state index contributed by atoms with van der Waals surface area (Å²) in [5.41, 5.74) is -0.0996. The summed E-state index contributed by atoms with van der Waals surface area (Å²) in [5.74, 6) is -2.51. The van der Waals surface area contributed by atoms with Crippen molar-refractivity contribution in [1.29, 1.82) is 0 Å². The summed E-state index contributed by atoms with van der Waals surface area (Å²) in [6, 6.07) is 3.01. The minimum Gasteiger partial charge on any atom is -0.251 e. The van der Waals surface area contributed by atoms with Gasteiger partial charge in [-0.1, -0.05) is 22.0 Å². The first-order valence-corrected chi connectivity index (χ1v) is 7.63. The Morgan fingerprint density at radius 2 is 1.90 bits per heavy atom. The van der Waals surface area contributed by atoms with E-state index in [0.717, 1.165) is 18.2 Å². The van der Waals surface area contributed by atoms with Crippen molar-refractivity contribution in [3.8, 4) is 0 Å². The summed E-state index contributed by atoms with van der Waals surface area (Å²) in [6.07, 6.45) is -5.00. The lowest BCUT2D eigenvalue weighted by Gasteiger charge is -2.29. The zero-order chi connectivity index (χ0) is 15.7. The molecular weight excluding hydrogens is 362 g/mol. The zero-order valence-corrected chi connectivity index (χ0v) is 13.2. The van der Waals surface area contributed by atoms with Crippen LogP contribution in [-0.2, 0) is 11.0 Å². The molecule has 0 aliphatic heterocycles. The van der Waals surface area contributed by atoms with E-state index in [2.05, 4.69) is 15.9 Å². The van der Waals surface area contributed by atoms with Gasteiger partial charge in [0.15, 0.2) is 0 Å². The lowest BCUT2D eigenvalue weighted by Crippen LogP contribution is -2.37. The molecule has 1 rings (SSSR count). The van der Waals surface area contributed by atoms with E-state index in [9.17, 15) is 21.8 Å². The molecule has 1 unspecified atom stereocenters. The smallest absolute Gasteiger partial charge is 0.251 e. The second-order valence-electron chi connectivity index (χ2n) is 5.02. The van der Waals surface area contributed by atoms with Crippen LogP contribution in [-0.4, -0.2) is 15.1 Å². The average Bonchev–Trinajstić information content (AvgIpc) is 2.25. The summed E-state index contributed by atoms with van der Waals surface area (Å²) < 4.78 is 62.8. The Morgan fingerprint density at radius 1 is 1.35 bits per heavy atom. The van der Waals surface area contributed by atoms with Crippen molar-refractivity contribution in [2.24, 2.45) is 5.14 Å². The van der Waals surface area contributed by atoms with E-state index >= 15 is 0 Å². The molecule has 2 nitrogen and oxygen atoms in total. The van der Waals surface area contributed by atoms with Crippen LogP contribution in [0.2, 0.25) is 0 Å². The van der Waals surface area contributed by atoms with Gasteiger partial charge < -0.3 is 0 Å². The predicted molar refractivity (Wildman–Crippen MR) is 73.9 cm³/mol. The molecule has 0 fully saturated rings. The van der Waals surface area contributed by atoms with Crippen LogP contribution in [0.15, 0.2) is 22.7 Å². The Morgan fingerprint density at radius 3 is 2.30 bits per heavy atom. The normalized spacial score (nSPS) is 16.0. The van der Waals surface area contributed by atoms with Gasteiger partial charge in [0, 0.05) is 4.47 Å². The first kappa shape index (κ1) is 17.6. The highest BCUT2D eigenvalue weighted by atomic mass is 79.9. The highest BCUT2D eigenvalue weighted by Crippen LogP contribution is 2.43. The minimum absolute atomic E-state index is 0.0263. The van der Waals surface area contributed by atoms with E-state index in [4.69, 9.17) is 5.14 Å². The van der Waals surface area contributed by atoms with Crippen LogP contribution in [0.3, 0.4) is 0 Å². The summed E-state index contributed by atoms with van der Waals surface area (Å²) in [4.78, 5) is 0. The van der Waals surface area contributed by atoms with Crippen LogP contribution >= 0.6 is 15.9 Å². The Hall–Kier alpha value is -0.470. The molecular formula is C12H14BrF4NOS. The molecule has 20 heavy (non-hydrogen) atoms. The Labute approximate surface area is 125 Å². The monoisotopic (exact) mass is 375 g/mol. The average molecular weight is 376 g/mol. The molecule has 0 heterocycles. The van der Waals surface area contributed by atoms with Gasteiger partial charge in [-0.05, 0) is 38.0 Å². The number of hydrogen-bond acceptors (Lipinski definition) is 1. The maximum atomic E-state index is 13.2. The van der Waals surface area contributed by atoms with Crippen molar-refractivity contribution in [2.75, 3.05) is 0 Å². The fourth-order valence-electron chi connectivity index (χ4n) is 1.76. The molecule has 0 aliphatic carbocycles. The number of rotatable bonds is 4. The SMILES string of the molecule is CC(C)(C[C@H](c1ccc(F)cc1Br)C(F)(F)F)S(N)=O. The van der Waals surface area contributed by atoms with Crippen molar-refractivity contribution < 1.29 is 21.8 Å². The number of benzene rings is 1. The molecule has 8 heteroatoms. The molecule has 114 valence electrons. The largest absolute Gasteiger partial charge is 0.395 e. The van der Waals surface area contributed by atoms with E-state index in [0.29, 0.717) is 0 Å². The van der Waals surface area contributed by atoms with Crippen LogP contribution in [0.4, 0.5) is 17.6 Å². The van der Waals surface area contributed by atoms with Crippen LogP contribution in [0.5, 0.6) is 0 Å². The maximum Gasteiger partial charge on any atom is 0.395 e.